The monoisotopic (exact) mass is 647 g/mol. The Kier molecular flexibility index (Phi) is 9.78. The first-order valence-corrected chi connectivity index (χ1v) is 17.7. The molecule has 1 aromatic carbocycles. The Bertz CT molecular complexity index is 1400. The zero-order valence-corrected chi connectivity index (χ0v) is 28.1. The van der Waals surface area contributed by atoms with Gasteiger partial charge in [-0.2, -0.15) is 0 Å². The summed E-state index contributed by atoms with van der Waals surface area (Å²) in [6.45, 7) is 8.74. The number of amides is 3. The molecule has 12 heteroatoms. The SMILES string of the molecule is CC(=O)N[C@H](Cc1ccccc1)C(=O)N1CCCC1C(=O)N[C@@H](CCCSc1ncccn1)B1O[C@@H]2CC3CC(C3(C)C)[C@]2(C)O1. The number of carbonyl (C=O) groups excluding carboxylic acids is 3. The number of nitrogens with one attached hydrogen (secondary N) is 2. The van der Waals surface area contributed by atoms with Crippen LogP contribution in [-0.4, -0.2) is 81.7 Å². The van der Waals surface area contributed by atoms with E-state index in [1.165, 1.54) is 6.92 Å². The van der Waals surface area contributed by atoms with Crippen LogP contribution in [0.15, 0.2) is 53.9 Å². The molecule has 7 atom stereocenters. The van der Waals surface area contributed by atoms with Gasteiger partial charge in [-0.3, -0.25) is 14.4 Å². The highest BCUT2D eigenvalue weighted by molar-refractivity contribution is 7.99. The van der Waals surface area contributed by atoms with E-state index in [0.717, 1.165) is 42.2 Å². The molecule has 3 unspecified atom stereocenters. The number of carbonyl (C=O) groups is 3. The highest BCUT2D eigenvalue weighted by atomic mass is 32.2. The number of rotatable bonds is 12. The zero-order chi connectivity index (χ0) is 32.5. The lowest BCUT2D eigenvalue weighted by Gasteiger charge is -2.64. The number of nitrogens with zero attached hydrogens (tertiary/aromatic N) is 3. The van der Waals surface area contributed by atoms with Gasteiger partial charge in [0.1, 0.15) is 12.1 Å². The fraction of sp³-hybridized carbons (Fsp3) is 0.618. The molecule has 10 nitrogen and oxygen atoms in total. The van der Waals surface area contributed by atoms with Crippen molar-refractivity contribution in [3.8, 4) is 0 Å². The molecule has 2 aliphatic heterocycles. The van der Waals surface area contributed by atoms with E-state index in [1.807, 2.05) is 30.3 Å². The van der Waals surface area contributed by atoms with Crippen LogP contribution in [0.4, 0.5) is 0 Å². The first-order chi connectivity index (χ1) is 22.1. The number of thioether (sulfide) groups is 1. The predicted octanol–water partition coefficient (Wildman–Crippen LogP) is 3.84. The Morgan fingerprint density at radius 2 is 1.85 bits per heavy atom. The molecule has 3 amide bonds. The average Bonchev–Trinajstić information content (AvgIpc) is 3.67. The van der Waals surface area contributed by atoms with E-state index in [4.69, 9.17) is 9.31 Å². The van der Waals surface area contributed by atoms with Crippen LogP contribution in [0.25, 0.3) is 0 Å². The molecule has 246 valence electrons. The maximum atomic E-state index is 14.0. The quantitative estimate of drug-likeness (QED) is 0.154. The van der Waals surface area contributed by atoms with Gasteiger partial charge in [0.2, 0.25) is 17.7 Å². The number of hydrogen-bond donors (Lipinski definition) is 2. The van der Waals surface area contributed by atoms with E-state index in [0.29, 0.717) is 37.6 Å². The Morgan fingerprint density at radius 3 is 2.57 bits per heavy atom. The fourth-order valence-corrected chi connectivity index (χ4v) is 9.02. The molecule has 3 heterocycles. The number of likely N-dealkylation sites (tertiary alicyclic amines) is 1. The van der Waals surface area contributed by atoms with Crippen LogP contribution in [0.1, 0.15) is 71.8 Å². The summed E-state index contributed by atoms with van der Waals surface area (Å²) in [5.41, 5.74) is 0.764. The lowest BCUT2D eigenvalue weighted by molar-refractivity contribution is -0.199. The predicted molar refractivity (Wildman–Crippen MR) is 177 cm³/mol. The van der Waals surface area contributed by atoms with Crippen LogP contribution in [0.3, 0.4) is 0 Å². The van der Waals surface area contributed by atoms with E-state index in [-0.39, 0.29) is 35.2 Å². The normalized spacial score (nSPS) is 29.0. The molecule has 0 spiro atoms. The second kappa shape index (κ2) is 13.6. The Labute approximate surface area is 276 Å². The molecule has 2 bridgehead atoms. The van der Waals surface area contributed by atoms with Crippen molar-refractivity contribution in [3.05, 3.63) is 54.4 Å². The van der Waals surface area contributed by atoms with Crippen molar-refractivity contribution in [2.45, 2.75) is 108 Å². The van der Waals surface area contributed by atoms with Gasteiger partial charge in [0.05, 0.1) is 17.6 Å². The third-order valence-corrected chi connectivity index (χ3v) is 11.8. The number of hydrogen-bond acceptors (Lipinski definition) is 8. The van der Waals surface area contributed by atoms with Crippen molar-refractivity contribution < 1.29 is 23.7 Å². The molecule has 3 aliphatic carbocycles. The van der Waals surface area contributed by atoms with Gasteiger partial charge in [0.25, 0.3) is 0 Å². The lowest BCUT2D eigenvalue weighted by atomic mass is 9.43. The average molecular weight is 648 g/mol. The molecule has 3 saturated carbocycles. The summed E-state index contributed by atoms with van der Waals surface area (Å²) >= 11 is 1.58. The summed E-state index contributed by atoms with van der Waals surface area (Å²) in [5, 5.41) is 6.83. The zero-order valence-electron chi connectivity index (χ0n) is 27.3. The second-order valence-electron chi connectivity index (χ2n) is 14.1. The van der Waals surface area contributed by atoms with E-state index >= 15 is 0 Å². The van der Waals surface area contributed by atoms with Crippen LogP contribution in [-0.2, 0) is 30.1 Å². The maximum Gasteiger partial charge on any atom is 0.481 e. The summed E-state index contributed by atoms with van der Waals surface area (Å²) in [6.07, 6.45) is 8.68. The van der Waals surface area contributed by atoms with Gasteiger partial charge < -0.3 is 24.8 Å². The third kappa shape index (κ3) is 6.71. The van der Waals surface area contributed by atoms with Gasteiger partial charge in [-0.15, -0.1) is 0 Å². The number of aromatic nitrogens is 2. The highest BCUT2D eigenvalue weighted by Crippen LogP contribution is 2.65. The first kappa shape index (κ1) is 33.0. The van der Waals surface area contributed by atoms with E-state index in [9.17, 15) is 14.4 Å². The van der Waals surface area contributed by atoms with E-state index in [2.05, 4.69) is 41.4 Å². The smallest absolute Gasteiger partial charge is 0.404 e. The standard InChI is InChI=1S/C34H46BN5O5S/c1-22(41)38-25(19-23-11-6-5-7-12-23)31(43)40-17-8-13-26(40)30(42)39-29(14-9-18-46-32-36-15-10-16-37-32)35-44-28-21-24-20-27(33(24,2)3)34(28,4)45-35/h5-7,10-12,15-16,24-29H,8-9,13-14,17-21H2,1-4H3,(H,38,41)(H,39,42)/t24?,25-,26?,27?,28-,29+,34+/m1/s1. The highest BCUT2D eigenvalue weighted by Gasteiger charge is 2.68. The molecule has 46 heavy (non-hydrogen) atoms. The van der Waals surface area contributed by atoms with Crippen molar-refractivity contribution in [2.24, 2.45) is 17.3 Å². The molecule has 7 rings (SSSR count). The topological polar surface area (TPSA) is 123 Å². The third-order valence-electron chi connectivity index (χ3n) is 10.9. The van der Waals surface area contributed by atoms with E-state index < -0.39 is 24.8 Å². The van der Waals surface area contributed by atoms with Crippen LogP contribution in [0, 0.1) is 17.3 Å². The van der Waals surface area contributed by atoms with Gasteiger partial charge in [-0.05, 0) is 74.3 Å². The van der Waals surface area contributed by atoms with Crippen LogP contribution < -0.4 is 10.6 Å². The summed E-state index contributed by atoms with van der Waals surface area (Å²) in [6, 6.07) is 10.0. The lowest BCUT2D eigenvalue weighted by Crippen LogP contribution is -2.65. The van der Waals surface area contributed by atoms with Crippen molar-refractivity contribution in [3.63, 3.8) is 0 Å². The molecular weight excluding hydrogens is 601 g/mol. The van der Waals surface area contributed by atoms with Crippen LogP contribution in [0.2, 0.25) is 0 Å². The maximum absolute atomic E-state index is 14.0. The summed E-state index contributed by atoms with van der Waals surface area (Å²) in [5.74, 6) is 0.732. The Morgan fingerprint density at radius 1 is 1.09 bits per heavy atom. The van der Waals surface area contributed by atoms with Crippen LogP contribution in [0.5, 0.6) is 0 Å². The molecule has 0 radical (unpaired) electrons. The second-order valence-corrected chi connectivity index (χ2v) is 15.2. The largest absolute Gasteiger partial charge is 0.481 e. The molecule has 5 aliphatic rings. The van der Waals surface area contributed by atoms with Gasteiger partial charge >= 0.3 is 7.12 Å². The summed E-state index contributed by atoms with van der Waals surface area (Å²) in [4.78, 5) is 50.3. The van der Waals surface area contributed by atoms with Crippen molar-refractivity contribution in [1.29, 1.82) is 0 Å². The van der Waals surface area contributed by atoms with Gasteiger partial charge in [0.15, 0.2) is 5.16 Å². The fourth-order valence-electron chi connectivity index (χ4n) is 8.25. The summed E-state index contributed by atoms with van der Waals surface area (Å²) < 4.78 is 13.4. The molecule has 5 fully saturated rings. The van der Waals surface area contributed by atoms with Crippen molar-refractivity contribution in [2.75, 3.05) is 12.3 Å². The minimum atomic E-state index is -0.749. The Balaban J connectivity index is 1.15. The van der Waals surface area contributed by atoms with Crippen molar-refractivity contribution >= 4 is 36.6 Å². The van der Waals surface area contributed by atoms with Gasteiger partial charge in [-0.1, -0.05) is 55.9 Å². The Hall–Kier alpha value is -2.96. The van der Waals surface area contributed by atoms with Crippen LogP contribution >= 0.6 is 11.8 Å². The van der Waals surface area contributed by atoms with Gasteiger partial charge in [-0.25, -0.2) is 9.97 Å². The van der Waals surface area contributed by atoms with Gasteiger partial charge in [0, 0.05) is 38.0 Å². The molecule has 1 aromatic heterocycles. The number of benzene rings is 1. The first-order valence-electron chi connectivity index (χ1n) is 16.7. The van der Waals surface area contributed by atoms with Crippen molar-refractivity contribution in [1.82, 2.24) is 25.5 Å². The minimum absolute atomic E-state index is 0.00160. The minimum Gasteiger partial charge on any atom is -0.404 e. The molecule has 2 N–H and O–H groups in total. The van der Waals surface area contributed by atoms with E-state index in [1.54, 1.807) is 35.1 Å². The molecular formula is C34H46BN5O5S. The molecule has 2 aromatic rings. The molecule has 2 saturated heterocycles. The summed E-state index contributed by atoms with van der Waals surface area (Å²) in [7, 11) is -0.567.